The monoisotopic (exact) mass is 574 g/mol. The van der Waals surface area contributed by atoms with Crippen LogP contribution in [0.4, 0.5) is 11.4 Å². The number of hydrogen-bond acceptors (Lipinski definition) is 6. The first kappa shape index (κ1) is 28.1. The van der Waals surface area contributed by atoms with Crippen molar-refractivity contribution in [3.05, 3.63) is 125 Å². The lowest BCUT2D eigenvalue weighted by atomic mass is 9.78. The molecule has 0 radical (unpaired) electrons. The van der Waals surface area contributed by atoms with E-state index in [2.05, 4.69) is 5.32 Å². The lowest BCUT2D eigenvalue weighted by Crippen LogP contribution is -2.38. The second-order valence-electron chi connectivity index (χ2n) is 10.9. The number of para-hydroxylation sites is 2. The van der Waals surface area contributed by atoms with E-state index in [0.29, 0.717) is 40.5 Å². The molecule has 1 heterocycles. The van der Waals surface area contributed by atoms with E-state index < -0.39 is 6.04 Å². The predicted octanol–water partition coefficient (Wildman–Crippen LogP) is 7.24. The summed E-state index contributed by atoms with van der Waals surface area (Å²) >= 11 is 0. The van der Waals surface area contributed by atoms with E-state index in [1.807, 2.05) is 97.9 Å². The number of aryl methyl sites for hydroxylation is 1. The Kier molecular flexibility index (Phi) is 7.63. The van der Waals surface area contributed by atoms with Crippen LogP contribution in [0.5, 0.6) is 17.2 Å². The van der Waals surface area contributed by atoms with Crippen LogP contribution in [0.2, 0.25) is 0 Å². The van der Waals surface area contributed by atoms with Crippen molar-refractivity contribution in [2.75, 3.05) is 31.5 Å². The molecule has 2 atom stereocenters. The number of nitrogens with one attached hydrogen (secondary N) is 1. The van der Waals surface area contributed by atoms with Crippen molar-refractivity contribution in [3.63, 3.8) is 0 Å². The van der Waals surface area contributed by atoms with Gasteiger partial charge in [-0.05, 0) is 66.8 Å². The fraction of sp³-hybridized carbons (Fsp3) is 0.222. The molecule has 1 N–H and O–H groups in total. The highest BCUT2D eigenvalue weighted by Crippen LogP contribution is 2.49. The molecule has 2 unspecified atom stereocenters. The summed E-state index contributed by atoms with van der Waals surface area (Å²) in [5.74, 6) is 1.26. The normalized spacial score (nSPS) is 17.8. The third-order valence-electron chi connectivity index (χ3n) is 8.28. The van der Waals surface area contributed by atoms with Crippen molar-refractivity contribution >= 4 is 23.1 Å². The number of ether oxygens (including phenoxy) is 3. The highest BCUT2D eigenvalue weighted by Gasteiger charge is 2.42. The lowest BCUT2D eigenvalue weighted by Gasteiger charge is -2.35. The first-order chi connectivity index (χ1) is 20.9. The van der Waals surface area contributed by atoms with Crippen molar-refractivity contribution < 1.29 is 23.8 Å². The van der Waals surface area contributed by atoms with Crippen LogP contribution in [-0.4, -0.2) is 33.0 Å². The summed E-state index contributed by atoms with van der Waals surface area (Å²) in [5, 5.41) is 3.60. The van der Waals surface area contributed by atoms with Crippen LogP contribution in [0, 0.1) is 6.92 Å². The second-order valence-corrected chi connectivity index (χ2v) is 10.9. The molecule has 218 valence electrons. The Morgan fingerprint density at radius 3 is 2.09 bits per heavy atom. The largest absolute Gasteiger partial charge is 0.493 e. The fourth-order valence-electron chi connectivity index (χ4n) is 6.17. The Morgan fingerprint density at radius 2 is 1.44 bits per heavy atom. The Morgan fingerprint density at radius 1 is 0.791 bits per heavy atom. The number of methoxy groups -OCH3 is 3. The van der Waals surface area contributed by atoms with Gasteiger partial charge in [0.15, 0.2) is 17.3 Å². The van der Waals surface area contributed by atoms with E-state index in [0.717, 1.165) is 28.1 Å². The lowest BCUT2D eigenvalue weighted by molar-refractivity contribution is -0.116. The summed E-state index contributed by atoms with van der Waals surface area (Å²) in [6.07, 6.45) is 0.828. The van der Waals surface area contributed by atoms with E-state index in [1.165, 1.54) is 0 Å². The van der Waals surface area contributed by atoms with Crippen LogP contribution >= 0.6 is 0 Å². The molecule has 4 aromatic rings. The zero-order chi connectivity index (χ0) is 30.1. The van der Waals surface area contributed by atoms with Gasteiger partial charge in [-0.15, -0.1) is 0 Å². The zero-order valence-electron chi connectivity index (χ0n) is 24.7. The molecule has 1 aliphatic heterocycles. The summed E-state index contributed by atoms with van der Waals surface area (Å²) in [6, 6.07) is 28.3. The quantitative estimate of drug-likeness (QED) is 0.262. The number of benzene rings is 4. The maximum atomic E-state index is 14.4. The van der Waals surface area contributed by atoms with E-state index in [9.17, 15) is 9.59 Å². The SMILES string of the molecule is COc1cc(C2CC(=O)C3=C(C2)Nc2ccccc2N(C(=O)c2ccccc2)C3c2ccc(C)cc2)cc(OC)c1OC. The third-order valence-corrected chi connectivity index (χ3v) is 8.28. The molecule has 1 aliphatic carbocycles. The summed E-state index contributed by atoms with van der Waals surface area (Å²) in [6.45, 7) is 2.03. The molecular formula is C36H34N2O5. The van der Waals surface area contributed by atoms with Crippen molar-refractivity contribution in [1.82, 2.24) is 0 Å². The Hall–Kier alpha value is -5.04. The molecular weight excluding hydrogens is 540 g/mol. The van der Waals surface area contributed by atoms with Crippen molar-refractivity contribution in [2.45, 2.75) is 31.7 Å². The number of anilines is 2. The van der Waals surface area contributed by atoms with Crippen LogP contribution in [0.15, 0.2) is 102 Å². The van der Waals surface area contributed by atoms with Gasteiger partial charge in [0.25, 0.3) is 5.91 Å². The van der Waals surface area contributed by atoms with Gasteiger partial charge in [0.05, 0.1) is 38.7 Å². The van der Waals surface area contributed by atoms with Crippen molar-refractivity contribution in [2.24, 2.45) is 0 Å². The number of carbonyl (C=O) groups is 2. The minimum atomic E-state index is -0.618. The maximum absolute atomic E-state index is 14.4. The number of allylic oxidation sites excluding steroid dienone is 1. The van der Waals surface area contributed by atoms with Gasteiger partial charge in [-0.1, -0.05) is 60.2 Å². The molecule has 0 saturated carbocycles. The molecule has 0 saturated heterocycles. The molecule has 0 bridgehead atoms. The highest BCUT2D eigenvalue weighted by molar-refractivity contribution is 6.12. The van der Waals surface area contributed by atoms with E-state index in [4.69, 9.17) is 14.2 Å². The van der Waals surface area contributed by atoms with E-state index >= 15 is 0 Å². The van der Waals surface area contributed by atoms with Crippen LogP contribution < -0.4 is 24.4 Å². The maximum Gasteiger partial charge on any atom is 0.259 e. The predicted molar refractivity (Wildman–Crippen MR) is 167 cm³/mol. The Balaban J connectivity index is 1.53. The van der Waals surface area contributed by atoms with Gasteiger partial charge in [-0.3, -0.25) is 14.5 Å². The standard InChI is InChI=1S/C36H34N2O5/c1-22-14-16-23(17-15-22)34-33-28(18-25(19-30(33)39)26-20-31(41-2)35(43-4)32(21-26)42-3)37-27-12-8-9-13-29(27)38(34)36(40)24-10-6-5-7-11-24/h5-17,20-21,25,34,37H,18-19H2,1-4H3. The van der Waals surface area contributed by atoms with Gasteiger partial charge in [0.2, 0.25) is 5.75 Å². The van der Waals surface area contributed by atoms with Crippen molar-refractivity contribution in [1.29, 1.82) is 0 Å². The van der Waals surface area contributed by atoms with Gasteiger partial charge in [0, 0.05) is 23.3 Å². The number of amides is 1. The van der Waals surface area contributed by atoms with Crippen molar-refractivity contribution in [3.8, 4) is 17.2 Å². The molecule has 0 aromatic heterocycles. The molecule has 2 aliphatic rings. The average molecular weight is 575 g/mol. The number of fused-ring (bicyclic) bond motifs is 1. The number of nitrogens with zero attached hydrogens (tertiary/aromatic N) is 1. The van der Waals surface area contributed by atoms with Gasteiger partial charge in [-0.25, -0.2) is 0 Å². The Labute approximate surface area is 251 Å². The summed E-state index contributed by atoms with van der Waals surface area (Å²) in [5.41, 5.74) is 6.34. The second kappa shape index (κ2) is 11.7. The third kappa shape index (κ3) is 5.12. The first-order valence-electron chi connectivity index (χ1n) is 14.3. The molecule has 43 heavy (non-hydrogen) atoms. The number of hydrogen-bond donors (Lipinski definition) is 1. The molecule has 7 nitrogen and oxygen atoms in total. The van der Waals surface area contributed by atoms with E-state index in [-0.39, 0.29) is 24.0 Å². The molecule has 6 rings (SSSR count). The van der Waals surface area contributed by atoms with Gasteiger partial charge in [0.1, 0.15) is 0 Å². The van der Waals surface area contributed by atoms with Crippen LogP contribution in [0.3, 0.4) is 0 Å². The Bertz CT molecular complexity index is 1690. The highest BCUT2D eigenvalue weighted by atomic mass is 16.5. The number of carbonyl (C=O) groups excluding carboxylic acids is 2. The van der Waals surface area contributed by atoms with Crippen LogP contribution in [0.25, 0.3) is 0 Å². The molecule has 7 heteroatoms. The van der Waals surface area contributed by atoms with Gasteiger partial charge in [-0.2, -0.15) is 0 Å². The first-order valence-corrected chi connectivity index (χ1v) is 14.3. The molecule has 0 fully saturated rings. The minimum Gasteiger partial charge on any atom is -0.493 e. The smallest absolute Gasteiger partial charge is 0.259 e. The summed E-state index contributed by atoms with van der Waals surface area (Å²) < 4.78 is 16.8. The summed E-state index contributed by atoms with van der Waals surface area (Å²) in [4.78, 5) is 30.5. The molecule has 4 aromatic carbocycles. The zero-order valence-corrected chi connectivity index (χ0v) is 24.7. The number of rotatable bonds is 6. The fourth-order valence-corrected chi connectivity index (χ4v) is 6.17. The van der Waals surface area contributed by atoms with E-state index in [1.54, 1.807) is 26.2 Å². The van der Waals surface area contributed by atoms with Crippen LogP contribution in [-0.2, 0) is 4.79 Å². The van der Waals surface area contributed by atoms with Crippen LogP contribution in [0.1, 0.15) is 51.8 Å². The number of Topliss-reactive ketones (excluding diaryl/α,β-unsaturated/α-hetero) is 1. The minimum absolute atomic E-state index is 0.0169. The van der Waals surface area contributed by atoms with Gasteiger partial charge >= 0.3 is 0 Å². The average Bonchev–Trinajstić information content (AvgIpc) is 3.19. The number of ketones is 1. The molecule has 0 spiro atoms. The van der Waals surface area contributed by atoms with Gasteiger partial charge < -0.3 is 19.5 Å². The molecule has 1 amide bonds. The summed E-state index contributed by atoms with van der Waals surface area (Å²) in [7, 11) is 4.74. The topological polar surface area (TPSA) is 77.1 Å².